The van der Waals surface area contributed by atoms with Gasteiger partial charge in [0.1, 0.15) is 0 Å². The van der Waals surface area contributed by atoms with Gasteiger partial charge in [0.2, 0.25) is 5.91 Å². The molecule has 0 saturated carbocycles. The summed E-state index contributed by atoms with van der Waals surface area (Å²) in [5.41, 5.74) is 4.92. The van der Waals surface area contributed by atoms with Crippen molar-refractivity contribution in [3.05, 3.63) is 0 Å². The van der Waals surface area contributed by atoms with E-state index in [-0.39, 0.29) is 5.91 Å². The quantitative estimate of drug-likeness (QED) is 0.520. The van der Waals surface area contributed by atoms with Gasteiger partial charge in [-0.2, -0.15) is 0 Å². The molecule has 0 aromatic carbocycles. The van der Waals surface area contributed by atoms with E-state index in [4.69, 9.17) is 5.73 Å². The summed E-state index contributed by atoms with van der Waals surface area (Å²) in [5.74, 6) is -0.140. The number of likely N-dealkylation sites (tertiary alicyclic amines) is 1. The molecule has 0 unspecified atom stereocenters. The van der Waals surface area contributed by atoms with Crippen LogP contribution < -0.4 is 5.73 Å². The lowest BCUT2D eigenvalue weighted by molar-refractivity contribution is -0.129. The molecule has 0 aromatic rings. The van der Waals surface area contributed by atoms with Crippen molar-refractivity contribution >= 4 is 11.9 Å². The van der Waals surface area contributed by atoms with Crippen molar-refractivity contribution in [1.29, 1.82) is 0 Å². The topological polar surface area (TPSA) is 63.4 Å². The molecule has 1 saturated heterocycles. The summed E-state index contributed by atoms with van der Waals surface area (Å²) >= 11 is 0. The van der Waals surface area contributed by atoms with Crippen molar-refractivity contribution in [2.24, 2.45) is 5.73 Å². The molecular formula is C6H10N2O2. The van der Waals surface area contributed by atoms with Gasteiger partial charge in [-0.25, -0.2) is 4.79 Å². The van der Waals surface area contributed by atoms with Gasteiger partial charge in [-0.05, 0) is 12.8 Å². The van der Waals surface area contributed by atoms with E-state index in [1.54, 1.807) is 0 Å². The van der Waals surface area contributed by atoms with Crippen LogP contribution in [-0.2, 0) is 4.79 Å². The fraction of sp³-hybridized carbons (Fsp3) is 0.667. The summed E-state index contributed by atoms with van der Waals surface area (Å²) < 4.78 is 0. The zero-order valence-electron chi connectivity index (χ0n) is 5.67. The van der Waals surface area contributed by atoms with Crippen molar-refractivity contribution < 1.29 is 9.59 Å². The maximum absolute atomic E-state index is 10.9. The van der Waals surface area contributed by atoms with Gasteiger partial charge in [0.25, 0.3) is 0 Å². The Kier molecular flexibility index (Phi) is 1.89. The summed E-state index contributed by atoms with van der Waals surface area (Å²) in [7, 11) is 0. The third kappa shape index (κ3) is 1.26. The van der Waals surface area contributed by atoms with Crippen molar-refractivity contribution in [3.63, 3.8) is 0 Å². The van der Waals surface area contributed by atoms with Gasteiger partial charge in [-0.1, -0.05) is 0 Å². The Labute approximate surface area is 59.0 Å². The molecule has 0 aromatic heterocycles. The zero-order chi connectivity index (χ0) is 7.56. The second kappa shape index (κ2) is 2.68. The Morgan fingerprint density at radius 3 is 2.60 bits per heavy atom. The largest absolute Gasteiger partial charge is 0.351 e. The van der Waals surface area contributed by atoms with Crippen molar-refractivity contribution in [1.82, 2.24) is 4.90 Å². The molecule has 2 N–H and O–H groups in total. The van der Waals surface area contributed by atoms with Crippen LogP contribution in [-0.4, -0.2) is 23.4 Å². The highest BCUT2D eigenvalue weighted by atomic mass is 16.2. The Morgan fingerprint density at radius 1 is 1.50 bits per heavy atom. The lowest BCUT2D eigenvalue weighted by Gasteiger charge is -2.22. The van der Waals surface area contributed by atoms with Crippen LogP contribution in [0.1, 0.15) is 19.3 Å². The maximum Gasteiger partial charge on any atom is 0.321 e. The molecule has 4 nitrogen and oxygen atoms in total. The number of carbonyl (C=O) groups is 2. The van der Waals surface area contributed by atoms with Crippen LogP contribution in [0.3, 0.4) is 0 Å². The number of hydrogen-bond donors (Lipinski definition) is 1. The van der Waals surface area contributed by atoms with Gasteiger partial charge in [0, 0.05) is 13.0 Å². The van der Waals surface area contributed by atoms with E-state index in [0.29, 0.717) is 13.0 Å². The minimum Gasteiger partial charge on any atom is -0.351 e. The SMILES string of the molecule is NC(=O)N1CCCCC1=O. The Morgan fingerprint density at radius 2 is 2.20 bits per heavy atom. The minimum absolute atomic E-state index is 0.140. The number of carbonyl (C=O) groups excluding carboxylic acids is 2. The van der Waals surface area contributed by atoms with Gasteiger partial charge in [-0.15, -0.1) is 0 Å². The molecule has 56 valence electrons. The fourth-order valence-corrected chi connectivity index (χ4v) is 1.04. The first kappa shape index (κ1) is 7.05. The number of amides is 3. The van der Waals surface area contributed by atoms with Crippen LogP contribution in [0.5, 0.6) is 0 Å². The molecule has 0 bridgehead atoms. The summed E-state index contributed by atoms with van der Waals surface area (Å²) in [6, 6.07) is -0.621. The summed E-state index contributed by atoms with van der Waals surface area (Å²) in [4.78, 5) is 22.5. The second-order valence-electron chi connectivity index (χ2n) is 2.34. The number of imide groups is 1. The number of rotatable bonds is 0. The van der Waals surface area contributed by atoms with Crippen LogP contribution in [0, 0.1) is 0 Å². The van der Waals surface area contributed by atoms with Crippen molar-refractivity contribution in [2.45, 2.75) is 19.3 Å². The number of piperidine rings is 1. The van der Waals surface area contributed by atoms with Crippen LogP contribution in [0.15, 0.2) is 0 Å². The zero-order valence-corrected chi connectivity index (χ0v) is 5.67. The van der Waals surface area contributed by atoms with Crippen molar-refractivity contribution in [2.75, 3.05) is 6.54 Å². The summed E-state index contributed by atoms with van der Waals surface area (Å²) in [6.07, 6.45) is 2.22. The molecule has 0 radical (unpaired) electrons. The number of nitrogens with two attached hydrogens (primary N) is 1. The predicted molar refractivity (Wildman–Crippen MR) is 35.1 cm³/mol. The van der Waals surface area contributed by atoms with Gasteiger partial charge >= 0.3 is 6.03 Å². The summed E-state index contributed by atoms with van der Waals surface area (Å²) in [6.45, 7) is 0.494. The molecule has 0 aliphatic carbocycles. The monoisotopic (exact) mass is 142 g/mol. The number of urea groups is 1. The van der Waals surface area contributed by atoms with Gasteiger partial charge in [0.15, 0.2) is 0 Å². The molecule has 10 heavy (non-hydrogen) atoms. The van der Waals surface area contributed by atoms with Crippen LogP contribution in [0.25, 0.3) is 0 Å². The molecule has 1 fully saturated rings. The molecule has 0 atom stereocenters. The third-order valence-corrected chi connectivity index (χ3v) is 1.59. The molecule has 3 amide bonds. The molecule has 0 spiro atoms. The number of hydrogen-bond acceptors (Lipinski definition) is 2. The molecule has 1 heterocycles. The van der Waals surface area contributed by atoms with E-state index in [1.165, 1.54) is 0 Å². The average molecular weight is 142 g/mol. The van der Waals surface area contributed by atoms with Crippen LogP contribution >= 0.6 is 0 Å². The number of nitrogens with zero attached hydrogens (tertiary/aromatic N) is 1. The first-order valence-electron chi connectivity index (χ1n) is 3.31. The molecule has 1 aliphatic heterocycles. The highest BCUT2D eigenvalue weighted by molar-refractivity contribution is 5.94. The lowest BCUT2D eigenvalue weighted by Crippen LogP contribution is -2.43. The Hall–Kier alpha value is -1.06. The Balaban J connectivity index is 2.56. The standard InChI is InChI=1S/C6H10N2O2/c7-6(10)8-4-2-1-3-5(8)9/h1-4H2,(H2,7,10). The smallest absolute Gasteiger partial charge is 0.321 e. The first-order valence-corrected chi connectivity index (χ1v) is 3.31. The minimum atomic E-state index is -0.621. The fourth-order valence-electron chi connectivity index (χ4n) is 1.04. The highest BCUT2D eigenvalue weighted by Crippen LogP contribution is 2.09. The normalized spacial score (nSPS) is 19.2. The van der Waals surface area contributed by atoms with Crippen LogP contribution in [0.2, 0.25) is 0 Å². The Bertz CT molecular complexity index is 167. The molecule has 1 aliphatic rings. The predicted octanol–water partition coefficient (Wildman–Crippen LogP) is 0.0776. The number of primary amides is 1. The molecular weight excluding hydrogens is 132 g/mol. The van der Waals surface area contributed by atoms with E-state index in [2.05, 4.69) is 0 Å². The molecule has 4 heteroatoms. The highest BCUT2D eigenvalue weighted by Gasteiger charge is 2.21. The molecule has 1 rings (SSSR count). The van der Waals surface area contributed by atoms with Gasteiger partial charge < -0.3 is 5.73 Å². The van der Waals surface area contributed by atoms with Crippen LogP contribution in [0.4, 0.5) is 4.79 Å². The van der Waals surface area contributed by atoms with E-state index in [9.17, 15) is 9.59 Å². The lowest BCUT2D eigenvalue weighted by atomic mass is 10.1. The van der Waals surface area contributed by atoms with E-state index >= 15 is 0 Å². The van der Waals surface area contributed by atoms with E-state index in [0.717, 1.165) is 17.7 Å². The van der Waals surface area contributed by atoms with E-state index in [1.807, 2.05) is 0 Å². The van der Waals surface area contributed by atoms with Gasteiger partial charge in [-0.3, -0.25) is 9.69 Å². The maximum atomic E-state index is 10.9. The van der Waals surface area contributed by atoms with Crippen molar-refractivity contribution in [3.8, 4) is 0 Å². The first-order chi connectivity index (χ1) is 4.72. The summed E-state index contributed by atoms with van der Waals surface area (Å²) in [5, 5.41) is 0. The third-order valence-electron chi connectivity index (χ3n) is 1.59. The van der Waals surface area contributed by atoms with Gasteiger partial charge in [0.05, 0.1) is 0 Å². The average Bonchev–Trinajstić information content (AvgIpc) is 1.88. The second-order valence-corrected chi connectivity index (χ2v) is 2.34. The van der Waals surface area contributed by atoms with E-state index < -0.39 is 6.03 Å².